The number of halogens is 2. The first-order valence-corrected chi connectivity index (χ1v) is 10.6. The fourth-order valence-corrected chi connectivity index (χ4v) is 5.12. The minimum Gasteiger partial charge on any atom is -0.457 e. The van der Waals surface area contributed by atoms with Crippen molar-refractivity contribution in [1.82, 2.24) is 0 Å². The first-order chi connectivity index (χ1) is 11.1. The SMILES string of the molecule is Cc1ccc(C)c([I+]c2ccc(Oc3ccc(I)cc3)cc2)c1. The first kappa shape index (κ1) is 16.8. The molecule has 0 radical (unpaired) electrons. The summed E-state index contributed by atoms with van der Waals surface area (Å²) < 4.78 is 10.0. The summed E-state index contributed by atoms with van der Waals surface area (Å²) in [5.41, 5.74) is 2.73. The van der Waals surface area contributed by atoms with Gasteiger partial charge in [0.1, 0.15) is 11.5 Å². The third-order valence-electron chi connectivity index (χ3n) is 3.40. The van der Waals surface area contributed by atoms with Crippen LogP contribution in [-0.4, -0.2) is 0 Å². The third-order valence-corrected chi connectivity index (χ3v) is 7.21. The summed E-state index contributed by atoms with van der Waals surface area (Å²) in [6.07, 6.45) is 0. The van der Waals surface area contributed by atoms with E-state index in [2.05, 4.69) is 91.0 Å². The highest BCUT2D eigenvalue weighted by molar-refractivity contribution is 14.1. The number of ether oxygens (including phenoxy) is 1. The molecule has 23 heavy (non-hydrogen) atoms. The van der Waals surface area contributed by atoms with Crippen LogP contribution in [0.5, 0.6) is 11.5 Å². The number of rotatable bonds is 4. The lowest BCUT2D eigenvalue weighted by atomic mass is 10.2. The Morgan fingerprint density at radius 1 is 0.783 bits per heavy atom. The number of benzene rings is 3. The zero-order valence-corrected chi connectivity index (χ0v) is 17.3. The molecule has 3 aromatic carbocycles. The van der Waals surface area contributed by atoms with E-state index in [0.29, 0.717) is 0 Å². The number of hydrogen-bond donors (Lipinski definition) is 0. The molecule has 3 aromatic rings. The Balaban J connectivity index is 1.71. The highest BCUT2D eigenvalue weighted by Gasteiger charge is 2.18. The van der Waals surface area contributed by atoms with E-state index in [1.807, 2.05) is 12.1 Å². The Morgan fingerprint density at radius 3 is 2.04 bits per heavy atom. The molecule has 0 aromatic heterocycles. The van der Waals surface area contributed by atoms with Gasteiger partial charge in [0.15, 0.2) is 7.14 Å². The van der Waals surface area contributed by atoms with Crippen LogP contribution in [0, 0.1) is 24.6 Å². The third kappa shape index (κ3) is 4.70. The molecule has 3 heteroatoms. The van der Waals surface area contributed by atoms with Crippen LogP contribution in [0.3, 0.4) is 0 Å². The molecule has 0 spiro atoms. The lowest BCUT2D eigenvalue weighted by molar-refractivity contribution is -0.598. The first-order valence-electron chi connectivity index (χ1n) is 7.36. The summed E-state index contributed by atoms with van der Waals surface area (Å²) >= 11 is 2.15. The van der Waals surface area contributed by atoms with Gasteiger partial charge in [0.05, 0.1) is 0 Å². The molecular formula is C20H17I2O+. The van der Waals surface area contributed by atoms with Gasteiger partial charge in [0.2, 0.25) is 0 Å². The molecular weight excluding hydrogens is 510 g/mol. The van der Waals surface area contributed by atoms with E-state index < -0.39 is 0 Å². The van der Waals surface area contributed by atoms with Crippen LogP contribution in [0.1, 0.15) is 11.1 Å². The maximum Gasteiger partial charge on any atom is 0.358 e. The van der Waals surface area contributed by atoms with Gasteiger partial charge >= 0.3 is 21.2 Å². The Morgan fingerprint density at radius 2 is 1.39 bits per heavy atom. The van der Waals surface area contributed by atoms with Gasteiger partial charge in [0, 0.05) is 9.13 Å². The van der Waals surface area contributed by atoms with Gasteiger partial charge < -0.3 is 4.74 Å². The van der Waals surface area contributed by atoms with Gasteiger partial charge in [-0.2, -0.15) is 0 Å². The maximum atomic E-state index is 5.89. The topological polar surface area (TPSA) is 9.23 Å². The largest absolute Gasteiger partial charge is 0.457 e. The molecule has 0 N–H and O–H groups in total. The van der Waals surface area contributed by atoms with Crippen LogP contribution in [0.2, 0.25) is 0 Å². The standard InChI is InChI=1S/C20H17I2O/c1-14-3-4-15(2)20(13-14)22-17-7-11-19(12-8-17)23-18-9-5-16(21)6-10-18/h3-13H,1-2H3/q+1. The fourth-order valence-electron chi connectivity index (χ4n) is 2.12. The second-order valence-corrected chi connectivity index (χ2v) is 9.55. The Kier molecular flexibility index (Phi) is 5.58. The molecule has 0 unspecified atom stereocenters. The van der Waals surface area contributed by atoms with Crippen molar-refractivity contribution >= 4 is 22.6 Å². The van der Waals surface area contributed by atoms with Crippen molar-refractivity contribution in [2.75, 3.05) is 0 Å². The molecule has 0 amide bonds. The predicted molar refractivity (Wildman–Crippen MR) is 99.0 cm³/mol. The zero-order valence-electron chi connectivity index (χ0n) is 13.0. The highest BCUT2D eigenvalue weighted by atomic mass is 127. The van der Waals surface area contributed by atoms with Gasteiger partial charge in [-0.25, -0.2) is 0 Å². The maximum absolute atomic E-state index is 5.89. The van der Waals surface area contributed by atoms with Crippen LogP contribution in [0.4, 0.5) is 0 Å². The minimum atomic E-state index is -0.144. The van der Waals surface area contributed by atoms with Crippen molar-refractivity contribution in [2.24, 2.45) is 0 Å². The van der Waals surface area contributed by atoms with Gasteiger partial charge in [0.25, 0.3) is 0 Å². The Hall–Kier alpha value is -1.08. The normalized spacial score (nSPS) is 10.6. The van der Waals surface area contributed by atoms with Crippen LogP contribution < -0.4 is 25.9 Å². The van der Waals surface area contributed by atoms with Crippen LogP contribution in [-0.2, 0) is 0 Å². The number of hydrogen-bond acceptors (Lipinski definition) is 1. The quantitative estimate of drug-likeness (QED) is 0.475. The van der Waals surface area contributed by atoms with E-state index in [4.69, 9.17) is 4.74 Å². The van der Waals surface area contributed by atoms with Crippen molar-refractivity contribution in [1.29, 1.82) is 0 Å². The summed E-state index contributed by atoms with van der Waals surface area (Å²) in [6.45, 7) is 4.35. The molecule has 0 aliphatic carbocycles. The summed E-state index contributed by atoms with van der Waals surface area (Å²) in [7, 11) is 0. The second-order valence-electron chi connectivity index (χ2n) is 5.36. The molecule has 0 saturated heterocycles. The van der Waals surface area contributed by atoms with E-state index in [1.165, 1.54) is 21.8 Å². The molecule has 0 aliphatic heterocycles. The van der Waals surface area contributed by atoms with Crippen molar-refractivity contribution in [3.63, 3.8) is 0 Å². The van der Waals surface area contributed by atoms with Crippen molar-refractivity contribution in [2.45, 2.75) is 13.8 Å². The van der Waals surface area contributed by atoms with Crippen LogP contribution in [0.15, 0.2) is 66.7 Å². The van der Waals surface area contributed by atoms with Gasteiger partial charge in [-0.3, -0.25) is 0 Å². The van der Waals surface area contributed by atoms with E-state index in [-0.39, 0.29) is 21.2 Å². The number of aryl methyl sites for hydroxylation is 2. The molecule has 0 atom stereocenters. The van der Waals surface area contributed by atoms with Crippen LogP contribution in [0.25, 0.3) is 0 Å². The Labute approximate surface area is 161 Å². The lowest BCUT2D eigenvalue weighted by Crippen LogP contribution is -3.61. The Bertz CT molecular complexity index is 793. The second kappa shape index (κ2) is 7.66. The fraction of sp³-hybridized carbons (Fsp3) is 0.100. The van der Waals surface area contributed by atoms with E-state index in [1.54, 1.807) is 0 Å². The smallest absolute Gasteiger partial charge is 0.358 e. The van der Waals surface area contributed by atoms with Crippen LogP contribution >= 0.6 is 22.6 Å². The molecule has 0 aliphatic rings. The van der Waals surface area contributed by atoms with Crippen molar-refractivity contribution in [3.05, 3.63) is 88.6 Å². The van der Waals surface area contributed by atoms with Gasteiger partial charge in [-0.15, -0.1) is 0 Å². The summed E-state index contributed by atoms with van der Waals surface area (Å²) in [6, 6.07) is 23.3. The molecule has 3 rings (SSSR count). The highest BCUT2D eigenvalue weighted by Crippen LogP contribution is 2.21. The summed E-state index contributed by atoms with van der Waals surface area (Å²) in [5, 5.41) is 0. The van der Waals surface area contributed by atoms with Gasteiger partial charge in [-0.1, -0.05) is 12.1 Å². The van der Waals surface area contributed by atoms with Crippen molar-refractivity contribution < 1.29 is 25.9 Å². The molecule has 0 heterocycles. The predicted octanol–water partition coefficient (Wildman–Crippen LogP) is 2.83. The molecule has 116 valence electrons. The van der Waals surface area contributed by atoms with E-state index in [0.717, 1.165) is 11.5 Å². The molecule has 1 nitrogen and oxygen atoms in total. The zero-order chi connectivity index (χ0) is 16.2. The molecule has 0 fully saturated rings. The van der Waals surface area contributed by atoms with Gasteiger partial charge in [-0.05, 0) is 96.6 Å². The average Bonchev–Trinajstić information content (AvgIpc) is 2.55. The monoisotopic (exact) mass is 527 g/mol. The molecule has 0 saturated carbocycles. The average molecular weight is 527 g/mol. The molecule has 0 bridgehead atoms. The lowest BCUT2D eigenvalue weighted by Gasteiger charge is -2.04. The minimum absolute atomic E-state index is 0.144. The van der Waals surface area contributed by atoms with Crippen molar-refractivity contribution in [3.8, 4) is 11.5 Å². The summed E-state index contributed by atoms with van der Waals surface area (Å²) in [5.74, 6) is 1.77. The summed E-state index contributed by atoms with van der Waals surface area (Å²) in [4.78, 5) is 0. The van der Waals surface area contributed by atoms with E-state index in [9.17, 15) is 0 Å². The van der Waals surface area contributed by atoms with E-state index >= 15 is 0 Å².